The van der Waals surface area contributed by atoms with Crippen molar-refractivity contribution in [2.24, 2.45) is 0 Å². The van der Waals surface area contributed by atoms with Crippen LogP contribution >= 0.6 is 11.8 Å². The van der Waals surface area contributed by atoms with Crippen molar-refractivity contribution in [3.8, 4) is 11.3 Å². The minimum Gasteiger partial charge on any atom is -0.360 e. The van der Waals surface area contributed by atoms with Crippen LogP contribution < -0.4 is 4.90 Å². The molecule has 4 rings (SSSR count). The molecule has 0 aliphatic carbocycles. The van der Waals surface area contributed by atoms with Gasteiger partial charge in [-0.05, 0) is 31.2 Å². The van der Waals surface area contributed by atoms with E-state index in [4.69, 9.17) is 9.97 Å². The summed E-state index contributed by atoms with van der Waals surface area (Å²) >= 11 is 1.61. The quantitative estimate of drug-likeness (QED) is 0.349. The highest BCUT2D eigenvalue weighted by molar-refractivity contribution is 7.98. The van der Waals surface area contributed by atoms with E-state index in [2.05, 4.69) is 55.1 Å². The highest BCUT2D eigenvalue weighted by Gasteiger charge is 2.20. The van der Waals surface area contributed by atoms with Crippen LogP contribution in [0.3, 0.4) is 0 Å². The summed E-state index contributed by atoms with van der Waals surface area (Å²) in [6.45, 7) is 6.51. The highest BCUT2D eigenvalue weighted by atomic mass is 32.2. The Balaban J connectivity index is 1.51. The van der Waals surface area contributed by atoms with Crippen LogP contribution in [0, 0.1) is 0 Å². The van der Waals surface area contributed by atoms with E-state index in [1.54, 1.807) is 11.8 Å². The molecule has 0 N–H and O–H groups in total. The number of carbonyl (C=O) groups is 1. The summed E-state index contributed by atoms with van der Waals surface area (Å²) in [7, 11) is 4.17. The number of amides is 1. The molecule has 0 saturated carbocycles. The molecule has 6 nitrogen and oxygen atoms in total. The summed E-state index contributed by atoms with van der Waals surface area (Å²) < 4.78 is 0. The monoisotopic (exact) mass is 475 g/mol. The first kappa shape index (κ1) is 24.2. The summed E-state index contributed by atoms with van der Waals surface area (Å²) in [5, 5.41) is 0.745. The summed E-state index contributed by atoms with van der Waals surface area (Å²) in [5.74, 6) is 1.75. The summed E-state index contributed by atoms with van der Waals surface area (Å²) in [6.07, 6.45) is 1.05. The second kappa shape index (κ2) is 11.5. The normalized spacial score (nSPS) is 14.3. The molecule has 3 aromatic rings. The molecule has 1 aromatic heterocycles. The molecular weight excluding hydrogens is 442 g/mol. The van der Waals surface area contributed by atoms with Gasteiger partial charge in [0.2, 0.25) is 0 Å². The molecule has 2 heterocycles. The lowest BCUT2D eigenvalue weighted by molar-refractivity contribution is 0.0664. The predicted molar refractivity (Wildman–Crippen MR) is 140 cm³/mol. The van der Waals surface area contributed by atoms with Crippen LogP contribution in [0.2, 0.25) is 0 Å². The van der Waals surface area contributed by atoms with Crippen molar-refractivity contribution >= 4 is 23.5 Å². The zero-order valence-electron chi connectivity index (χ0n) is 20.3. The van der Waals surface area contributed by atoms with Crippen LogP contribution in [0.1, 0.15) is 29.3 Å². The number of hydrogen-bond acceptors (Lipinski definition) is 6. The van der Waals surface area contributed by atoms with Crippen molar-refractivity contribution in [1.82, 2.24) is 19.8 Å². The lowest BCUT2D eigenvalue weighted by atomic mass is 10.1. The number of hydrogen-bond donors (Lipinski definition) is 0. The van der Waals surface area contributed by atoms with E-state index in [0.717, 1.165) is 72.5 Å². The smallest absolute Gasteiger partial charge is 0.253 e. The van der Waals surface area contributed by atoms with Gasteiger partial charge in [-0.2, -0.15) is 0 Å². The van der Waals surface area contributed by atoms with Gasteiger partial charge in [0.05, 0.1) is 5.69 Å². The summed E-state index contributed by atoms with van der Waals surface area (Å²) in [6, 6.07) is 20.3. The lowest BCUT2D eigenvalue weighted by Crippen LogP contribution is -2.47. The van der Waals surface area contributed by atoms with E-state index >= 15 is 0 Å². The van der Waals surface area contributed by atoms with Crippen molar-refractivity contribution in [2.45, 2.75) is 24.3 Å². The van der Waals surface area contributed by atoms with Crippen LogP contribution in [-0.2, 0) is 5.75 Å². The molecule has 7 heteroatoms. The number of nitrogens with zero attached hydrogens (tertiary/aromatic N) is 5. The maximum atomic E-state index is 13.0. The number of benzene rings is 2. The van der Waals surface area contributed by atoms with Gasteiger partial charge in [0.25, 0.3) is 5.91 Å². The minimum atomic E-state index is 0.116. The topological polar surface area (TPSA) is 52.6 Å². The molecule has 2 aromatic carbocycles. The van der Waals surface area contributed by atoms with Gasteiger partial charge in [0.1, 0.15) is 5.82 Å². The summed E-state index contributed by atoms with van der Waals surface area (Å²) in [4.78, 5) is 29.0. The van der Waals surface area contributed by atoms with E-state index in [1.165, 1.54) is 0 Å². The van der Waals surface area contributed by atoms with Gasteiger partial charge in [0, 0.05) is 62.7 Å². The Morgan fingerprint density at radius 1 is 1.00 bits per heavy atom. The summed E-state index contributed by atoms with van der Waals surface area (Å²) in [5.41, 5.74) is 3.86. The van der Waals surface area contributed by atoms with Crippen LogP contribution in [-0.4, -0.2) is 72.5 Å². The van der Waals surface area contributed by atoms with E-state index in [0.29, 0.717) is 5.75 Å². The molecule has 0 atom stereocenters. The number of likely N-dealkylation sites (N-methyl/N-ethyl adjacent to an activating group) is 1. The molecule has 1 saturated heterocycles. The number of anilines is 1. The van der Waals surface area contributed by atoms with Crippen molar-refractivity contribution in [3.05, 3.63) is 71.8 Å². The Hall–Kier alpha value is -2.90. The van der Waals surface area contributed by atoms with Gasteiger partial charge in [0.15, 0.2) is 5.16 Å². The maximum Gasteiger partial charge on any atom is 0.253 e. The second-order valence-corrected chi connectivity index (χ2v) is 9.71. The highest BCUT2D eigenvalue weighted by Crippen LogP contribution is 2.27. The Labute approximate surface area is 207 Å². The van der Waals surface area contributed by atoms with E-state index < -0.39 is 0 Å². The van der Waals surface area contributed by atoms with E-state index in [9.17, 15) is 4.79 Å². The average molecular weight is 476 g/mol. The van der Waals surface area contributed by atoms with Gasteiger partial charge >= 0.3 is 0 Å². The molecule has 0 unspecified atom stereocenters. The number of carbonyl (C=O) groups excluding carboxylic acids is 1. The van der Waals surface area contributed by atoms with Gasteiger partial charge in [-0.25, -0.2) is 9.97 Å². The fraction of sp³-hybridized carbons (Fsp3) is 0.370. The van der Waals surface area contributed by atoms with Crippen LogP contribution in [0.25, 0.3) is 11.3 Å². The van der Waals surface area contributed by atoms with Gasteiger partial charge in [-0.3, -0.25) is 4.79 Å². The fourth-order valence-corrected chi connectivity index (χ4v) is 4.81. The van der Waals surface area contributed by atoms with Crippen LogP contribution in [0.15, 0.2) is 65.8 Å². The van der Waals surface area contributed by atoms with Gasteiger partial charge in [-0.1, -0.05) is 61.2 Å². The van der Waals surface area contributed by atoms with Gasteiger partial charge in [-0.15, -0.1) is 0 Å². The Morgan fingerprint density at radius 3 is 2.50 bits per heavy atom. The maximum absolute atomic E-state index is 13.0. The van der Waals surface area contributed by atoms with Crippen molar-refractivity contribution in [1.29, 1.82) is 0 Å². The first-order valence-electron chi connectivity index (χ1n) is 11.9. The third-order valence-electron chi connectivity index (χ3n) is 6.04. The lowest BCUT2D eigenvalue weighted by Gasteiger charge is -2.32. The molecule has 0 radical (unpaired) electrons. The Morgan fingerprint density at radius 2 is 1.76 bits per heavy atom. The number of piperazine rings is 1. The molecule has 34 heavy (non-hydrogen) atoms. The predicted octanol–water partition coefficient (Wildman–Crippen LogP) is 4.67. The molecule has 0 bridgehead atoms. The van der Waals surface area contributed by atoms with E-state index in [-0.39, 0.29) is 5.91 Å². The number of thioether (sulfide) groups is 1. The zero-order valence-corrected chi connectivity index (χ0v) is 21.1. The zero-order chi connectivity index (χ0) is 23.9. The van der Waals surface area contributed by atoms with Crippen molar-refractivity contribution < 1.29 is 4.79 Å². The number of rotatable bonds is 8. The first-order chi connectivity index (χ1) is 16.5. The fourth-order valence-electron chi connectivity index (χ4n) is 4.01. The second-order valence-electron chi connectivity index (χ2n) is 8.77. The first-order valence-corrected chi connectivity index (χ1v) is 12.9. The Kier molecular flexibility index (Phi) is 8.19. The third-order valence-corrected chi connectivity index (χ3v) is 6.96. The molecule has 178 valence electrons. The average Bonchev–Trinajstić information content (AvgIpc) is 2.88. The van der Waals surface area contributed by atoms with Crippen molar-refractivity contribution in [3.63, 3.8) is 0 Å². The minimum absolute atomic E-state index is 0.116. The van der Waals surface area contributed by atoms with Crippen LogP contribution in [0.5, 0.6) is 0 Å². The van der Waals surface area contributed by atoms with Crippen LogP contribution in [0.4, 0.5) is 5.82 Å². The molecule has 1 aliphatic rings. The third kappa shape index (κ3) is 6.15. The molecular formula is C27H33N5OS. The van der Waals surface area contributed by atoms with E-state index in [1.807, 2.05) is 41.3 Å². The molecule has 1 aliphatic heterocycles. The molecule has 1 fully saturated rings. The molecule has 1 amide bonds. The molecule has 0 spiro atoms. The Bertz CT molecular complexity index is 1100. The largest absolute Gasteiger partial charge is 0.360 e. The standard InChI is InChI=1S/C27H33N5OS/c1-4-13-31(3)25-19-24(22-10-6-5-7-11-22)28-27(29-25)34-20-21-9-8-12-23(18-21)26(33)32-16-14-30(2)15-17-32/h5-12,18-19H,4,13-17,20H2,1-3H3. The number of aromatic nitrogens is 2. The van der Waals surface area contributed by atoms with Gasteiger partial charge < -0.3 is 14.7 Å². The SMILES string of the molecule is CCCN(C)c1cc(-c2ccccc2)nc(SCc2cccc(C(=O)N3CCN(C)CC3)c2)n1. The van der Waals surface area contributed by atoms with Crippen molar-refractivity contribution in [2.75, 3.05) is 51.7 Å².